The Bertz CT molecular complexity index is 686. The molecule has 0 bridgehead atoms. The molecule has 4 atom stereocenters. The molecule has 4 N–H and O–H groups in total. The zero-order valence-corrected chi connectivity index (χ0v) is 20.2. The highest BCUT2D eigenvalue weighted by molar-refractivity contribution is 8.21. The molecule has 2 saturated heterocycles. The molecule has 11 heteroatoms. The minimum atomic E-state index is -1.47. The van der Waals surface area contributed by atoms with Crippen molar-refractivity contribution in [1.29, 1.82) is 0 Å². The minimum Gasteiger partial charge on any atom is -0.381 e. The van der Waals surface area contributed by atoms with E-state index in [4.69, 9.17) is 0 Å². The third kappa shape index (κ3) is 7.10. The van der Waals surface area contributed by atoms with Gasteiger partial charge in [0, 0.05) is 18.1 Å². The number of rotatable bonds is 10. The summed E-state index contributed by atoms with van der Waals surface area (Å²) >= 11 is 3.80. The lowest BCUT2D eigenvalue weighted by Crippen LogP contribution is -2.55. The average Bonchev–Trinajstić information content (AvgIpc) is 3.30. The molecule has 0 aromatic carbocycles. The molecule has 31 heavy (non-hydrogen) atoms. The number of nitrogens with zero attached hydrogens (tertiary/aromatic N) is 1. The van der Waals surface area contributed by atoms with Crippen LogP contribution < -0.4 is 16.0 Å². The standard InChI is InChI=1S/C20H34N4O5S2/c1-5-6-14(17(27)19(29)21-10-16(26)22-12(2)13(3)25)23-18(28)15-9-20(11-24(15)4)30-7-8-31-20/h12,14-15,17,27H,5-11H2,1-4H3,(H,21,29)(H,22,26)(H,23,28). The summed E-state index contributed by atoms with van der Waals surface area (Å²) in [5, 5.41) is 18.2. The van der Waals surface area contributed by atoms with E-state index in [1.807, 2.05) is 42.4 Å². The summed E-state index contributed by atoms with van der Waals surface area (Å²) in [6.07, 6.45) is 0.360. The fourth-order valence-corrected chi connectivity index (χ4v) is 7.14. The smallest absolute Gasteiger partial charge is 0.251 e. The number of likely N-dealkylation sites (tertiary alicyclic amines) is 1. The van der Waals surface area contributed by atoms with Gasteiger partial charge < -0.3 is 21.1 Å². The second-order valence-electron chi connectivity index (χ2n) is 8.21. The molecule has 0 aromatic heterocycles. The van der Waals surface area contributed by atoms with Crippen LogP contribution in [0.25, 0.3) is 0 Å². The molecular formula is C20H34N4O5S2. The Hall–Kier alpha value is -1.30. The van der Waals surface area contributed by atoms with Gasteiger partial charge in [-0.15, -0.1) is 23.5 Å². The summed E-state index contributed by atoms with van der Waals surface area (Å²) in [7, 11) is 1.93. The minimum absolute atomic E-state index is 0.0529. The first-order valence-corrected chi connectivity index (χ1v) is 12.6. The summed E-state index contributed by atoms with van der Waals surface area (Å²) in [6.45, 7) is 5.29. The van der Waals surface area contributed by atoms with Gasteiger partial charge in [-0.05, 0) is 33.7 Å². The molecule has 2 fully saturated rings. The lowest BCUT2D eigenvalue weighted by molar-refractivity contribution is -0.135. The first-order valence-electron chi connectivity index (χ1n) is 10.6. The maximum Gasteiger partial charge on any atom is 0.251 e. The first kappa shape index (κ1) is 26.0. The Kier molecular flexibility index (Phi) is 9.66. The van der Waals surface area contributed by atoms with E-state index in [0.29, 0.717) is 12.8 Å². The second kappa shape index (κ2) is 11.5. The van der Waals surface area contributed by atoms with Gasteiger partial charge in [-0.1, -0.05) is 13.3 Å². The Balaban J connectivity index is 1.90. The molecule has 0 saturated carbocycles. The molecule has 9 nitrogen and oxygen atoms in total. The summed E-state index contributed by atoms with van der Waals surface area (Å²) in [5.74, 6) is 0.530. The van der Waals surface area contributed by atoms with Crippen LogP contribution in [0.2, 0.25) is 0 Å². The number of ketones is 1. The number of amides is 3. The molecule has 1 spiro atoms. The molecule has 4 unspecified atom stereocenters. The van der Waals surface area contributed by atoms with Crippen molar-refractivity contribution in [1.82, 2.24) is 20.9 Å². The third-order valence-electron chi connectivity index (χ3n) is 5.63. The van der Waals surface area contributed by atoms with Gasteiger partial charge in [0.25, 0.3) is 5.91 Å². The molecule has 0 aliphatic carbocycles. The first-order chi connectivity index (χ1) is 14.6. The average molecular weight is 475 g/mol. The van der Waals surface area contributed by atoms with Crippen LogP contribution in [0.1, 0.15) is 40.0 Å². The summed E-state index contributed by atoms with van der Waals surface area (Å²) in [4.78, 5) is 50.4. The predicted octanol–water partition coefficient (Wildman–Crippen LogP) is -0.277. The van der Waals surface area contributed by atoms with Crippen molar-refractivity contribution in [3.05, 3.63) is 0 Å². The summed E-state index contributed by atoms with van der Waals surface area (Å²) in [5.41, 5.74) is 0. The van der Waals surface area contributed by atoms with E-state index >= 15 is 0 Å². The SMILES string of the molecule is CCCC(NC(=O)C1CC2(CN1C)SCCS2)C(O)C(=O)NCC(=O)NC(C)C(C)=O. The van der Waals surface area contributed by atoms with Crippen molar-refractivity contribution in [3.63, 3.8) is 0 Å². The Morgan fingerprint density at radius 2 is 1.84 bits per heavy atom. The van der Waals surface area contributed by atoms with Gasteiger partial charge in [-0.25, -0.2) is 0 Å². The number of carbonyl (C=O) groups excluding carboxylic acids is 4. The predicted molar refractivity (Wildman–Crippen MR) is 123 cm³/mol. The van der Waals surface area contributed by atoms with Gasteiger partial charge in [-0.3, -0.25) is 24.1 Å². The van der Waals surface area contributed by atoms with Gasteiger partial charge in [0.05, 0.1) is 28.7 Å². The molecule has 2 aliphatic rings. The topological polar surface area (TPSA) is 128 Å². The normalized spacial score (nSPS) is 23.2. The molecule has 2 heterocycles. The molecule has 0 radical (unpaired) electrons. The van der Waals surface area contributed by atoms with Crippen LogP contribution >= 0.6 is 23.5 Å². The van der Waals surface area contributed by atoms with E-state index in [0.717, 1.165) is 24.5 Å². The molecule has 2 rings (SSSR count). The zero-order chi connectivity index (χ0) is 23.2. The molecule has 2 aliphatic heterocycles. The highest BCUT2D eigenvalue weighted by Gasteiger charge is 2.48. The van der Waals surface area contributed by atoms with Crippen LogP contribution in [0.3, 0.4) is 0 Å². The zero-order valence-electron chi connectivity index (χ0n) is 18.6. The van der Waals surface area contributed by atoms with Crippen LogP contribution in [-0.2, 0) is 19.2 Å². The largest absolute Gasteiger partial charge is 0.381 e. The number of hydrogen-bond acceptors (Lipinski definition) is 8. The maximum atomic E-state index is 12.9. The molecular weight excluding hydrogens is 440 g/mol. The Morgan fingerprint density at radius 1 is 1.19 bits per heavy atom. The maximum absolute atomic E-state index is 12.9. The highest BCUT2D eigenvalue weighted by atomic mass is 32.2. The van der Waals surface area contributed by atoms with Gasteiger partial charge in [0.15, 0.2) is 11.9 Å². The Morgan fingerprint density at radius 3 is 2.42 bits per heavy atom. The van der Waals surface area contributed by atoms with Crippen molar-refractivity contribution in [3.8, 4) is 0 Å². The van der Waals surface area contributed by atoms with Crippen LogP contribution in [0.4, 0.5) is 0 Å². The number of likely N-dealkylation sites (N-methyl/N-ethyl adjacent to an activating group) is 1. The fraction of sp³-hybridized carbons (Fsp3) is 0.800. The van der Waals surface area contributed by atoms with E-state index < -0.39 is 30.0 Å². The number of nitrogens with one attached hydrogen (secondary N) is 3. The van der Waals surface area contributed by atoms with E-state index in [1.165, 1.54) is 6.92 Å². The van der Waals surface area contributed by atoms with Crippen molar-refractivity contribution in [2.24, 2.45) is 0 Å². The number of thioether (sulfide) groups is 2. The van der Waals surface area contributed by atoms with Crippen LogP contribution in [-0.4, -0.2) is 93.5 Å². The second-order valence-corrected chi connectivity index (χ2v) is 11.4. The van der Waals surface area contributed by atoms with Crippen molar-refractivity contribution in [2.75, 3.05) is 31.6 Å². The number of Topliss-reactive ketones (excluding diaryl/α,β-unsaturated/α-hetero) is 1. The van der Waals surface area contributed by atoms with Gasteiger partial charge in [0.1, 0.15) is 0 Å². The lowest BCUT2D eigenvalue weighted by Gasteiger charge is -2.26. The van der Waals surface area contributed by atoms with Crippen molar-refractivity contribution in [2.45, 2.75) is 68.3 Å². The monoisotopic (exact) mass is 474 g/mol. The van der Waals surface area contributed by atoms with Crippen molar-refractivity contribution < 1.29 is 24.3 Å². The van der Waals surface area contributed by atoms with Gasteiger partial charge in [0.2, 0.25) is 11.8 Å². The van der Waals surface area contributed by atoms with Crippen LogP contribution in [0.15, 0.2) is 0 Å². The number of aliphatic hydroxyl groups is 1. The highest BCUT2D eigenvalue weighted by Crippen LogP contribution is 2.51. The van der Waals surface area contributed by atoms with E-state index in [9.17, 15) is 24.3 Å². The third-order valence-corrected chi connectivity index (χ3v) is 9.06. The lowest BCUT2D eigenvalue weighted by atomic mass is 10.0. The number of carbonyl (C=O) groups is 4. The molecule has 176 valence electrons. The molecule has 0 aromatic rings. The summed E-state index contributed by atoms with van der Waals surface area (Å²) in [6, 6.07) is -1.69. The van der Waals surface area contributed by atoms with Crippen molar-refractivity contribution >= 4 is 47.0 Å². The molecule has 3 amide bonds. The summed E-state index contributed by atoms with van der Waals surface area (Å²) < 4.78 is 0.0529. The number of aliphatic hydroxyl groups excluding tert-OH is 1. The number of hydrogen-bond donors (Lipinski definition) is 4. The van der Waals surface area contributed by atoms with Crippen LogP contribution in [0.5, 0.6) is 0 Å². The van der Waals surface area contributed by atoms with E-state index in [1.54, 1.807) is 6.92 Å². The van der Waals surface area contributed by atoms with E-state index in [2.05, 4.69) is 16.0 Å². The Labute approximate surface area is 192 Å². The quantitative estimate of drug-likeness (QED) is 0.341. The fourth-order valence-electron chi connectivity index (χ4n) is 3.75. The van der Waals surface area contributed by atoms with Gasteiger partial charge >= 0.3 is 0 Å². The van der Waals surface area contributed by atoms with Crippen LogP contribution in [0, 0.1) is 0 Å². The van der Waals surface area contributed by atoms with E-state index in [-0.39, 0.29) is 28.4 Å². The van der Waals surface area contributed by atoms with Gasteiger partial charge in [-0.2, -0.15) is 0 Å².